The van der Waals surface area contributed by atoms with E-state index in [1.54, 1.807) is 0 Å². The van der Waals surface area contributed by atoms with Gasteiger partial charge in [-0.25, -0.2) is 0 Å². The predicted octanol–water partition coefficient (Wildman–Crippen LogP) is 2.99. The molecule has 154 valence electrons. The van der Waals surface area contributed by atoms with Crippen molar-refractivity contribution in [1.29, 1.82) is 0 Å². The molecule has 2 amide bonds. The number of carbonyl (C=O) groups excluding carboxylic acids is 2. The molecular formula is C22H39N3O2. The van der Waals surface area contributed by atoms with E-state index in [0.717, 1.165) is 57.8 Å². The van der Waals surface area contributed by atoms with Gasteiger partial charge in [-0.3, -0.25) is 9.59 Å². The summed E-state index contributed by atoms with van der Waals surface area (Å²) in [6, 6.07) is 0.678. The van der Waals surface area contributed by atoms with E-state index < -0.39 is 0 Å². The normalized spacial score (nSPS) is 24.6. The van der Waals surface area contributed by atoms with Crippen molar-refractivity contribution >= 4 is 11.8 Å². The summed E-state index contributed by atoms with van der Waals surface area (Å²) in [4.78, 5) is 31.8. The molecule has 0 N–H and O–H groups in total. The Morgan fingerprint density at radius 1 is 0.815 bits per heavy atom. The van der Waals surface area contributed by atoms with Gasteiger partial charge in [0.25, 0.3) is 0 Å². The van der Waals surface area contributed by atoms with Gasteiger partial charge in [-0.1, -0.05) is 27.2 Å². The molecule has 5 heteroatoms. The van der Waals surface area contributed by atoms with Crippen LogP contribution in [0.1, 0.15) is 65.7 Å². The topological polar surface area (TPSA) is 43.9 Å². The molecule has 0 saturated carbocycles. The van der Waals surface area contributed by atoms with Crippen LogP contribution in [-0.2, 0) is 9.59 Å². The number of hydrogen-bond donors (Lipinski definition) is 0. The lowest BCUT2D eigenvalue weighted by atomic mass is 9.91. The van der Waals surface area contributed by atoms with Crippen molar-refractivity contribution in [1.82, 2.24) is 14.7 Å². The lowest BCUT2D eigenvalue weighted by Gasteiger charge is -2.43. The minimum atomic E-state index is 0.0543. The van der Waals surface area contributed by atoms with E-state index in [0.29, 0.717) is 11.9 Å². The van der Waals surface area contributed by atoms with Crippen molar-refractivity contribution in [2.24, 2.45) is 17.8 Å². The molecule has 0 atom stereocenters. The van der Waals surface area contributed by atoms with Gasteiger partial charge in [-0.05, 0) is 57.5 Å². The third kappa shape index (κ3) is 5.04. The second kappa shape index (κ2) is 9.40. The first-order valence-corrected chi connectivity index (χ1v) is 11.3. The number of piperidine rings is 3. The molecule has 3 saturated heterocycles. The summed E-state index contributed by atoms with van der Waals surface area (Å²) >= 11 is 0. The fourth-order valence-electron chi connectivity index (χ4n) is 5.15. The number of hydrogen-bond acceptors (Lipinski definition) is 3. The van der Waals surface area contributed by atoms with Gasteiger partial charge in [0.05, 0.1) is 0 Å². The Balaban J connectivity index is 1.41. The van der Waals surface area contributed by atoms with Crippen molar-refractivity contribution in [2.75, 3.05) is 39.3 Å². The zero-order valence-electron chi connectivity index (χ0n) is 17.7. The standard InChI is InChI=1S/C22H39N3O2/c1-4-18-5-11-23(12-6-18)20-9-15-25(16-10-20)22(27)19-7-13-24(14-8-19)21(26)17(2)3/h17-20H,4-16H2,1-3H3. The summed E-state index contributed by atoms with van der Waals surface area (Å²) in [5, 5.41) is 0. The van der Waals surface area contributed by atoms with Gasteiger partial charge >= 0.3 is 0 Å². The van der Waals surface area contributed by atoms with Crippen LogP contribution >= 0.6 is 0 Å². The molecule has 0 spiro atoms. The van der Waals surface area contributed by atoms with E-state index in [2.05, 4.69) is 16.7 Å². The van der Waals surface area contributed by atoms with Crippen molar-refractivity contribution in [3.63, 3.8) is 0 Å². The molecule has 27 heavy (non-hydrogen) atoms. The molecule has 0 aromatic heterocycles. The van der Waals surface area contributed by atoms with E-state index >= 15 is 0 Å². The van der Waals surface area contributed by atoms with Crippen molar-refractivity contribution in [3.05, 3.63) is 0 Å². The smallest absolute Gasteiger partial charge is 0.225 e. The maximum atomic E-state index is 12.9. The van der Waals surface area contributed by atoms with Gasteiger partial charge in [0.2, 0.25) is 11.8 Å². The van der Waals surface area contributed by atoms with Gasteiger partial charge in [0.1, 0.15) is 0 Å². The molecule has 3 fully saturated rings. The van der Waals surface area contributed by atoms with Crippen LogP contribution in [0.4, 0.5) is 0 Å². The van der Waals surface area contributed by atoms with Crippen LogP contribution in [0.3, 0.4) is 0 Å². The molecule has 0 radical (unpaired) electrons. The highest BCUT2D eigenvalue weighted by Gasteiger charge is 2.34. The van der Waals surface area contributed by atoms with Crippen LogP contribution < -0.4 is 0 Å². The van der Waals surface area contributed by atoms with Crippen LogP contribution in [0.2, 0.25) is 0 Å². The zero-order chi connectivity index (χ0) is 19.4. The summed E-state index contributed by atoms with van der Waals surface area (Å²) < 4.78 is 0. The molecule has 3 rings (SSSR count). The van der Waals surface area contributed by atoms with Crippen molar-refractivity contribution < 1.29 is 9.59 Å². The summed E-state index contributed by atoms with van der Waals surface area (Å²) in [7, 11) is 0. The number of carbonyl (C=O) groups is 2. The molecule has 3 aliphatic rings. The van der Waals surface area contributed by atoms with Crippen molar-refractivity contribution in [2.45, 2.75) is 71.8 Å². The minimum absolute atomic E-state index is 0.0543. The summed E-state index contributed by atoms with van der Waals surface area (Å²) in [5.41, 5.74) is 0. The number of nitrogens with zero attached hydrogens (tertiary/aromatic N) is 3. The third-order valence-electron chi connectivity index (χ3n) is 7.17. The number of amides is 2. The zero-order valence-corrected chi connectivity index (χ0v) is 17.7. The first kappa shape index (κ1) is 20.6. The van der Waals surface area contributed by atoms with Gasteiger partial charge in [0, 0.05) is 44.1 Å². The highest BCUT2D eigenvalue weighted by atomic mass is 16.2. The first-order valence-electron chi connectivity index (χ1n) is 11.3. The van der Waals surface area contributed by atoms with Crippen LogP contribution in [0.15, 0.2) is 0 Å². The molecular weight excluding hydrogens is 338 g/mol. The average Bonchev–Trinajstić information content (AvgIpc) is 2.73. The Bertz CT molecular complexity index is 498. The van der Waals surface area contributed by atoms with E-state index in [9.17, 15) is 9.59 Å². The Hall–Kier alpha value is -1.10. The second-order valence-electron chi connectivity index (χ2n) is 9.20. The van der Waals surface area contributed by atoms with Crippen molar-refractivity contribution in [3.8, 4) is 0 Å². The number of likely N-dealkylation sites (tertiary alicyclic amines) is 3. The Kier molecular flexibility index (Phi) is 7.18. The lowest BCUT2D eigenvalue weighted by molar-refractivity contribution is -0.143. The summed E-state index contributed by atoms with van der Waals surface area (Å²) in [6.45, 7) is 12.0. The second-order valence-corrected chi connectivity index (χ2v) is 9.20. The first-order chi connectivity index (χ1) is 13.0. The SMILES string of the molecule is CCC1CCN(C2CCN(C(=O)C3CCN(C(=O)C(C)C)CC3)CC2)CC1. The minimum Gasteiger partial charge on any atom is -0.342 e. The summed E-state index contributed by atoms with van der Waals surface area (Å²) in [5.74, 6) is 1.68. The fraction of sp³-hybridized carbons (Fsp3) is 0.909. The molecule has 5 nitrogen and oxygen atoms in total. The molecule has 0 unspecified atom stereocenters. The van der Waals surface area contributed by atoms with E-state index in [4.69, 9.17) is 0 Å². The Morgan fingerprint density at radius 3 is 1.89 bits per heavy atom. The number of rotatable bonds is 4. The fourth-order valence-corrected chi connectivity index (χ4v) is 5.15. The van der Waals surface area contributed by atoms with E-state index in [1.165, 1.54) is 32.4 Å². The maximum absolute atomic E-state index is 12.9. The molecule has 0 bridgehead atoms. The highest BCUT2D eigenvalue weighted by Crippen LogP contribution is 2.27. The third-order valence-corrected chi connectivity index (χ3v) is 7.17. The van der Waals surface area contributed by atoms with E-state index in [1.807, 2.05) is 18.7 Å². The van der Waals surface area contributed by atoms with Gasteiger partial charge < -0.3 is 14.7 Å². The van der Waals surface area contributed by atoms with Crippen LogP contribution in [0.25, 0.3) is 0 Å². The van der Waals surface area contributed by atoms with Gasteiger partial charge in [0.15, 0.2) is 0 Å². The van der Waals surface area contributed by atoms with E-state index in [-0.39, 0.29) is 17.7 Å². The average molecular weight is 378 g/mol. The van der Waals surface area contributed by atoms with Crippen LogP contribution in [0.5, 0.6) is 0 Å². The highest BCUT2D eigenvalue weighted by molar-refractivity contribution is 5.81. The molecule has 0 aliphatic carbocycles. The molecule has 3 heterocycles. The lowest BCUT2D eigenvalue weighted by Crippen LogP contribution is -2.51. The Morgan fingerprint density at radius 2 is 1.37 bits per heavy atom. The Labute approximate surface area is 165 Å². The predicted molar refractivity (Wildman–Crippen MR) is 108 cm³/mol. The van der Waals surface area contributed by atoms with Gasteiger partial charge in [-0.2, -0.15) is 0 Å². The molecule has 0 aromatic rings. The maximum Gasteiger partial charge on any atom is 0.225 e. The molecule has 0 aromatic carbocycles. The van der Waals surface area contributed by atoms with Gasteiger partial charge in [-0.15, -0.1) is 0 Å². The summed E-state index contributed by atoms with van der Waals surface area (Å²) in [6.07, 6.45) is 7.96. The monoisotopic (exact) mass is 377 g/mol. The largest absolute Gasteiger partial charge is 0.342 e. The van der Waals surface area contributed by atoms with Crippen LogP contribution in [0, 0.1) is 17.8 Å². The molecule has 3 aliphatic heterocycles. The van der Waals surface area contributed by atoms with Crippen LogP contribution in [-0.4, -0.2) is 71.8 Å². The quantitative estimate of drug-likeness (QED) is 0.756.